The number of hydrogen-bond acceptors (Lipinski definition) is 7. The van der Waals surface area contributed by atoms with Crippen molar-refractivity contribution in [1.29, 1.82) is 0 Å². The first-order chi connectivity index (χ1) is 19.0. The smallest absolute Gasteiger partial charge is 0.417 e. The van der Waals surface area contributed by atoms with Crippen molar-refractivity contribution in [2.45, 2.75) is 32.5 Å². The Kier molecular flexibility index (Phi) is 7.67. The minimum atomic E-state index is -4.64. The molecule has 3 heterocycles. The van der Waals surface area contributed by atoms with Gasteiger partial charge in [-0.2, -0.15) is 17.5 Å². The Balaban J connectivity index is 1.40. The molecule has 0 fully saturated rings. The van der Waals surface area contributed by atoms with Crippen LogP contribution in [0.2, 0.25) is 0 Å². The summed E-state index contributed by atoms with van der Waals surface area (Å²) in [5, 5.41) is 11.8. The highest BCUT2D eigenvalue weighted by molar-refractivity contribution is 7.32. The van der Waals surface area contributed by atoms with Gasteiger partial charge in [0.2, 0.25) is 0 Å². The fourth-order valence-corrected chi connectivity index (χ4v) is 7.55. The average molecular weight is 603 g/mol. The van der Waals surface area contributed by atoms with Crippen molar-refractivity contribution in [1.82, 2.24) is 4.37 Å². The monoisotopic (exact) mass is 602 g/mol. The lowest BCUT2D eigenvalue weighted by Gasteiger charge is -2.14. The van der Waals surface area contributed by atoms with E-state index < -0.39 is 36.3 Å². The molecule has 3 aromatic heterocycles. The lowest BCUT2D eigenvalue weighted by atomic mass is 10.0. The van der Waals surface area contributed by atoms with Gasteiger partial charge in [0.1, 0.15) is 6.10 Å². The first kappa shape index (κ1) is 27.8. The number of carboxylic acid groups (broad SMARTS) is 1. The molecule has 2 aromatic carbocycles. The summed E-state index contributed by atoms with van der Waals surface area (Å²) in [6, 6.07) is 16.6. The molecule has 0 radical (unpaired) electrons. The molecule has 0 aliphatic heterocycles. The Bertz CT molecular complexity index is 1680. The molecule has 206 valence electrons. The van der Waals surface area contributed by atoms with E-state index in [0.29, 0.717) is 16.3 Å². The van der Waals surface area contributed by atoms with Gasteiger partial charge in [0, 0.05) is 19.8 Å². The number of aromatic nitrogens is 1. The second-order valence-electron chi connectivity index (χ2n) is 8.95. The lowest BCUT2D eigenvalue weighted by molar-refractivity contribution is -0.138. The molecule has 0 saturated heterocycles. The van der Waals surface area contributed by atoms with E-state index in [9.17, 15) is 22.8 Å². The number of aryl methyl sites for hydroxylation is 1. The number of ether oxygens (including phenoxy) is 1. The molecule has 5 aromatic rings. The number of hydrogen-bond donors (Lipinski definition) is 2. The zero-order valence-corrected chi connectivity index (χ0v) is 23.5. The molecule has 40 heavy (non-hydrogen) atoms. The van der Waals surface area contributed by atoms with Gasteiger partial charge in [-0.15, -0.1) is 22.7 Å². The Morgan fingerprint density at radius 1 is 1.02 bits per heavy atom. The molecule has 0 aliphatic carbocycles. The maximum atomic E-state index is 13.9. The van der Waals surface area contributed by atoms with Crippen LogP contribution in [0.3, 0.4) is 0 Å². The van der Waals surface area contributed by atoms with Gasteiger partial charge in [-0.3, -0.25) is 10.1 Å². The van der Waals surface area contributed by atoms with Crippen LogP contribution in [-0.2, 0) is 22.1 Å². The first-order valence-electron chi connectivity index (χ1n) is 11.9. The highest BCUT2D eigenvalue weighted by atomic mass is 32.1. The SMILES string of the molecule is Cc1nsc(-c2cc3sc(-c4ccc(CC(=O)O)cc4C(F)(F)F)cc3s2)c1NC(=O)O[C@H](C)c1ccccc1. The number of carbonyl (C=O) groups is 2. The Labute approximate surface area is 238 Å². The van der Waals surface area contributed by atoms with E-state index in [-0.39, 0.29) is 11.1 Å². The van der Waals surface area contributed by atoms with Crippen molar-refractivity contribution in [3.05, 3.63) is 83.0 Å². The van der Waals surface area contributed by atoms with Gasteiger partial charge in [-0.25, -0.2) is 4.79 Å². The number of alkyl halides is 3. The summed E-state index contributed by atoms with van der Waals surface area (Å²) in [6.07, 6.45) is -6.20. The summed E-state index contributed by atoms with van der Waals surface area (Å²) in [6.45, 7) is 3.56. The van der Waals surface area contributed by atoms with Crippen LogP contribution >= 0.6 is 34.2 Å². The summed E-state index contributed by atoms with van der Waals surface area (Å²) in [5.41, 5.74) is 1.23. The molecule has 5 rings (SSSR count). The third kappa shape index (κ3) is 5.88. The summed E-state index contributed by atoms with van der Waals surface area (Å²) in [4.78, 5) is 25.6. The lowest BCUT2D eigenvalue weighted by Crippen LogP contribution is -2.16. The Morgan fingerprint density at radius 2 is 1.70 bits per heavy atom. The fraction of sp³-hybridized carbons (Fsp3) is 0.179. The molecule has 0 bridgehead atoms. The van der Waals surface area contributed by atoms with Crippen LogP contribution in [0.5, 0.6) is 0 Å². The number of halogens is 3. The van der Waals surface area contributed by atoms with Crippen molar-refractivity contribution in [3.63, 3.8) is 0 Å². The number of anilines is 1. The number of rotatable bonds is 7. The van der Waals surface area contributed by atoms with Gasteiger partial charge in [0.15, 0.2) is 0 Å². The second-order valence-corrected chi connectivity index (χ2v) is 11.9. The van der Waals surface area contributed by atoms with Crippen LogP contribution < -0.4 is 5.32 Å². The van der Waals surface area contributed by atoms with Crippen LogP contribution in [0.1, 0.15) is 35.4 Å². The van der Waals surface area contributed by atoms with Crippen LogP contribution in [0.25, 0.3) is 29.6 Å². The van der Waals surface area contributed by atoms with Gasteiger partial charge >= 0.3 is 18.2 Å². The fourth-order valence-electron chi connectivity index (χ4n) is 4.18. The third-order valence-electron chi connectivity index (χ3n) is 6.08. The van der Waals surface area contributed by atoms with Crippen LogP contribution in [-0.4, -0.2) is 21.5 Å². The summed E-state index contributed by atoms with van der Waals surface area (Å²) >= 11 is 3.82. The van der Waals surface area contributed by atoms with Crippen molar-refractivity contribution < 1.29 is 32.6 Å². The predicted molar refractivity (Wildman–Crippen MR) is 152 cm³/mol. The quantitative estimate of drug-likeness (QED) is 0.194. The number of fused-ring (bicyclic) bond motifs is 1. The number of carbonyl (C=O) groups excluding carboxylic acids is 1. The number of aliphatic carboxylic acids is 1. The van der Waals surface area contributed by atoms with E-state index in [4.69, 9.17) is 9.84 Å². The van der Waals surface area contributed by atoms with E-state index in [2.05, 4.69) is 9.69 Å². The van der Waals surface area contributed by atoms with Gasteiger partial charge in [0.25, 0.3) is 0 Å². The minimum Gasteiger partial charge on any atom is -0.481 e. The van der Waals surface area contributed by atoms with Crippen LogP contribution in [0.15, 0.2) is 60.7 Å². The molecule has 0 spiro atoms. The van der Waals surface area contributed by atoms with E-state index in [0.717, 1.165) is 30.8 Å². The van der Waals surface area contributed by atoms with E-state index in [1.807, 2.05) is 36.4 Å². The van der Waals surface area contributed by atoms with E-state index >= 15 is 0 Å². The van der Waals surface area contributed by atoms with Crippen molar-refractivity contribution in [2.75, 3.05) is 5.32 Å². The summed E-state index contributed by atoms with van der Waals surface area (Å²) in [7, 11) is 0. The van der Waals surface area contributed by atoms with Gasteiger partial charge < -0.3 is 9.84 Å². The number of amides is 1. The topological polar surface area (TPSA) is 88.5 Å². The van der Waals surface area contributed by atoms with Crippen LogP contribution in [0, 0.1) is 6.92 Å². The molecule has 1 amide bonds. The number of carboxylic acids is 1. The molecule has 6 nitrogen and oxygen atoms in total. The van der Waals surface area contributed by atoms with Crippen molar-refractivity contribution in [2.24, 2.45) is 0 Å². The molecular weight excluding hydrogens is 582 g/mol. The van der Waals surface area contributed by atoms with Gasteiger partial charge in [-0.1, -0.05) is 42.5 Å². The molecule has 0 unspecified atom stereocenters. The standard InChI is InChI=1S/C28H21F3N2O4S3/c1-14-25(32-27(36)37-15(2)17-6-4-3-5-7-17)26(40-33-14)23-13-22-21(39-23)12-20(38-22)18-9-8-16(11-24(34)35)10-19(18)28(29,30)31/h3-10,12-13,15H,11H2,1-2H3,(H,32,36)(H,34,35)/t15-/m1/s1. The first-order valence-corrected chi connectivity index (χ1v) is 14.3. The maximum Gasteiger partial charge on any atom is 0.417 e. The van der Waals surface area contributed by atoms with Crippen molar-refractivity contribution in [3.8, 4) is 20.2 Å². The molecule has 0 saturated carbocycles. The zero-order valence-electron chi connectivity index (χ0n) is 21.0. The molecule has 2 N–H and O–H groups in total. The van der Waals surface area contributed by atoms with Gasteiger partial charge in [0.05, 0.1) is 33.1 Å². The molecule has 12 heteroatoms. The second kappa shape index (κ2) is 11.0. The van der Waals surface area contributed by atoms with Gasteiger partial charge in [-0.05, 0) is 54.7 Å². The normalized spacial score (nSPS) is 12.4. The molecule has 0 aliphatic rings. The van der Waals surface area contributed by atoms with E-state index in [1.165, 1.54) is 46.3 Å². The minimum absolute atomic E-state index is 0.00265. The zero-order chi connectivity index (χ0) is 28.6. The number of benzene rings is 2. The van der Waals surface area contributed by atoms with Crippen LogP contribution in [0.4, 0.5) is 23.7 Å². The molecular formula is C28H21F3N2O4S3. The molecule has 1 atom stereocenters. The highest BCUT2D eigenvalue weighted by Crippen LogP contribution is 2.47. The highest BCUT2D eigenvalue weighted by Gasteiger charge is 2.34. The summed E-state index contributed by atoms with van der Waals surface area (Å²) < 4.78 is 53.1. The third-order valence-corrected chi connectivity index (χ3v) is 9.53. The Morgan fingerprint density at radius 3 is 2.38 bits per heavy atom. The van der Waals surface area contributed by atoms with E-state index in [1.54, 1.807) is 19.9 Å². The Hall–Kier alpha value is -3.74. The average Bonchev–Trinajstić information content (AvgIpc) is 3.57. The largest absolute Gasteiger partial charge is 0.481 e. The summed E-state index contributed by atoms with van der Waals surface area (Å²) in [5.74, 6) is -1.20. The predicted octanol–water partition coefficient (Wildman–Crippen LogP) is 9.02. The van der Waals surface area contributed by atoms with Crippen molar-refractivity contribution >= 4 is 61.4 Å². The number of nitrogens with zero attached hydrogens (tertiary/aromatic N) is 1. The number of thiophene rings is 2. The number of nitrogens with one attached hydrogen (secondary N) is 1. The maximum absolute atomic E-state index is 13.9.